The Labute approximate surface area is 164 Å². The number of aryl methyl sites for hydroxylation is 1. The van der Waals surface area contributed by atoms with E-state index in [4.69, 9.17) is 4.74 Å². The molecule has 0 bridgehead atoms. The second-order valence-corrected chi connectivity index (χ2v) is 8.80. The molecule has 0 saturated carbocycles. The van der Waals surface area contributed by atoms with Crippen molar-refractivity contribution >= 4 is 27.3 Å². The predicted molar refractivity (Wildman–Crippen MR) is 107 cm³/mol. The van der Waals surface area contributed by atoms with Gasteiger partial charge in [0.1, 0.15) is 11.8 Å². The summed E-state index contributed by atoms with van der Waals surface area (Å²) in [6.07, 6.45) is 0.426. The van der Waals surface area contributed by atoms with E-state index < -0.39 is 10.0 Å². The maximum atomic E-state index is 12.9. The SMILES string of the molecule is CCOc1ccc(S(=O)(=O)NC2CC3C(=O)Nc4ccccc4N3C2)cc1C. The number of benzene rings is 2. The summed E-state index contributed by atoms with van der Waals surface area (Å²) in [5.41, 5.74) is 2.45. The topological polar surface area (TPSA) is 87.7 Å². The molecule has 0 spiro atoms. The molecule has 0 aliphatic carbocycles. The van der Waals surface area contributed by atoms with Crippen molar-refractivity contribution in [3.63, 3.8) is 0 Å². The maximum Gasteiger partial charge on any atom is 0.247 e. The smallest absolute Gasteiger partial charge is 0.247 e. The molecule has 2 heterocycles. The lowest BCUT2D eigenvalue weighted by Crippen LogP contribution is -2.44. The van der Waals surface area contributed by atoms with Gasteiger partial charge < -0.3 is 15.0 Å². The molecular weight excluding hydrogens is 378 g/mol. The van der Waals surface area contributed by atoms with Gasteiger partial charge in [0.2, 0.25) is 15.9 Å². The van der Waals surface area contributed by atoms with E-state index >= 15 is 0 Å². The van der Waals surface area contributed by atoms with E-state index in [0.29, 0.717) is 25.3 Å². The number of sulfonamides is 1. The first kappa shape index (κ1) is 18.8. The summed E-state index contributed by atoms with van der Waals surface area (Å²) < 4.78 is 34.0. The van der Waals surface area contributed by atoms with Crippen LogP contribution in [0.1, 0.15) is 18.9 Å². The zero-order valence-corrected chi connectivity index (χ0v) is 16.6. The van der Waals surface area contributed by atoms with E-state index in [0.717, 1.165) is 16.9 Å². The van der Waals surface area contributed by atoms with Crippen molar-refractivity contribution in [1.82, 2.24) is 4.72 Å². The molecule has 2 aliphatic heterocycles. The van der Waals surface area contributed by atoms with Crippen molar-refractivity contribution in [2.75, 3.05) is 23.4 Å². The number of hydrogen-bond acceptors (Lipinski definition) is 5. The standard InChI is InChI=1S/C20H23N3O4S/c1-3-27-19-9-8-15(10-13(19)2)28(25,26)22-14-11-18-20(24)21-16-6-4-5-7-17(16)23(18)12-14/h4-10,14,18,22H,3,11-12H2,1-2H3,(H,21,24). The van der Waals surface area contributed by atoms with Gasteiger partial charge in [-0.05, 0) is 56.2 Å². The number of amides is 1. The summed E-state index contributed by atoms with van der Waals surface area (Å²) in [5.74, 6) is 0.574. The molecule has 2 N–H and O–H groups in total. The van der Waals surface area contributed by atoms with Crippen molar-refractivity contribution in [1.29, 1.82) is 0 Å². The number of nitrogens with one attached hydrogen (secondary N) is 2. The maximum absolute atomic E-state index is 12.9. The molecule has 2 unspecified atom stereocenters. The minimum atomic E-state index is -3.70. The quantitative estimate of drug-likeness (QED) is 0.803. The first-order valence-corrected chi connectivity index (χ1v) is 10.8. The third kappa shape index (κ3) is 3.33. The van der Waals surface area contributed by atoms with E-state index in [1.54, 1.807) is 18.2 Å². The normalized spacial score (nSPS) is 21.1. The van der Waals surface area contributed by atoms with Crippen LogP contribution in [0, 0.1) is 6.92 Å². The van der Waals surface area contributed by atoms with Crippen LogP contribution in [0.3, 0.4) is 0 Å². The molecule has 148 valence electrons. The molecule has 7 nitrogen and oxygen atoms in total. The zero-order valence-electron chi connectivity index (χ0n) is 15.8. The largest absolute Gasteiger partial charge is 0.494 e. The Hall–Kier alpha value is -2.58. The lowest BCUT2D eigenvalue weighted by Gasteiger charge is -2.32. The van der Waals surface area contributed by atoms with Crippen molar-refractivity contribution in [2.45, 2.75) is 37.2 Å². The Morgan fingerprint density at radius 2 is 2.04 bits per heavy atom. The van der Waals surface area contributed by atoms with E-state index in [1.165, 1.54) is 0 Å². The fraction of sp³-hybridized carbons (Fsp3) is 0.350. The molecule has 0 radical (unpaired) electrons. The van der Waals surface area contributed by atoms with E-state index in [2.05, 4.69) is 10.0 Å². The van der Waals surface area contributed by atoms with Gasteiger partial charge in [-0.15, -0.1) is 0 Å². The lowest BCUT2D eigenvalue weighted by atomic mass is 10.1. The van der Waals surface area contributed by atoms with Gasteiger partial charge in [-0.2, -0.15) is 0 Å². The van der Waals surface area contributed by atoms with Crippen LogP contribution in [0.5, 0.6) is 5.75 Å². The van der Waals surface area contributed by atoms with E-state index in [-0.39, 0.29) is 22.9 Å². The third-order valence-electron chi connectivity index (χ3n) is 5.15. The van der Waals surface area contributed by atoms with Gasteiger partial charge in [0, 0.05) is 12.6 Å². The molecule has 1 amide bonds. The highest BCUT2D eigenvalue weighted by atomic mass is 32.2. The van der Waals surface area contributed by atoms with Gasteiger partial charge in [0.25, 0.3) is 0 Å². The molecule has 2 atom stereocenters. The van der Waals surface area contributed by atoms with Crippen molar-refractivity contribution < 1.29 is 17.9 Å². The van der Waals surface area contributed by atoms with Crippen LogP contribution in [0.2, 0.25) is 0 Å². The highest BCUT2D eigenvalue weighted by molar-refractivity contribution is 7.89. The Bertz CT molecular complexity index is 1020. The molecule has 28 heavy (non-hydrogen) atoms. The third-order valence-corrected chi connectivity index (χ3v) is 6.67. The van der Waals surface area contributed by atoms with Gasteiger partial charge in [-0.3, -0.25) is 4.79 Å². The van der Waals surface area contributed by atoms with Crippen molar-refractivity contribution in [3.05, 3.63) is 48.0 Å². The minimum Gasteiger partial charge on any atom is -0.494 e. The molecular formula is C20H23N3O4S. The van der Waals surface area contributed by atoms with E-state index in [1.807, 2.05) is 43.0 Å². The monoisotopic (exact) mass is 401 g/mol. The van der Waals surface area contributed by atoms with Crippen LogP contribution in [-0.4, -0.2) is 39.6 Å². The van der Waals surface area contributed by atoms with Crippen LogP contribution in [0.4, 0.5) is 11.4 Å². The number of ether oxygens (including phenoxy) is 1. The highest BCUT2D eigenvalue weighted by Crippen LogP contribution is 2.36. The first-order valence-electron chi connectivity index (χ1n) is 9.31. The van der Waals surface area contributed by atoms with Crippen LogP contribution >= 0.6 is 0 Å². The highest BCUT2D eigenvalue weighted by Gasteiger charge is 2.42. The molecule has 2 aromatic rings. The van der Waals surface area contributed by atoms with Crippen LogP contribution in [0.25, 0.3) is 0 Å². The molecule has 2 aromatic carbocycles. The zero-order chi connectivity index (χ0) is 19.9. The van der Waals surface area contributed by atoms with Crippen LogP contribution < -0.4 is 19.7 Å². The fourth-order valence-electron chi connectivity index (χ4n) is 3.88. The fourth-order valence-corrected chi connectivity index (χ4v) is 5.20. The number of para-hydroxylation sites is 2. The summed E-state index contributed by atoms with van der Waals surface area (Å²) in [4.78, 5) is 14.6. The number of rotatable bonds is 5. The Morgan fingerprint density at radius 1 is 1.25 bits per heavy atom. The Kier molecular flexibility index (Phi) is 4.76. The van der Waals surface area contributed by atoms with Crippen molar-refractivity contribution in [3.8, 4) is 5.75 Å². The lowest BCUT2D eigenvalue weighted by molar-refractivity contribution is -0.117. The van der Waals surface area contributed by atoms with Crippen LogP contribution in [0.15, 0.2) is 47.4 Å². The first-order chi connectivity index (χ1) is 13.4. The summed E-state index contributed by atoms with van der Waals surface area (Å²) in [6, 6.07) is 11.7. The molecule has 8 heteroatoms. The minimum absolute atomic E-state index is 0.0997. The molecule has 0 aromatic heterocycles. The number of anilines is 2. The number of nitrogens with zero attached hydrogens (tertiary/aromatic N) is 1. The Morgan fingerprint density at radius 3 is 2.79 bits per heavy atom. The predicted octanol–water partition coefficient (Wildman–Crippen LogP) is 2.27. The number of hydrogen-bond donors (Lipinski definition) is 2. The van der Waals surface area contributed by atoms with Gasteiger partial charge >= 0.3 is 0 Å². The van der Waals surface area contributed by atoms with Gasteiger partial charge in [-0.1, -0.05) is 12.1 Å². The second-order valence-electron chi connectivity index (χ2n) is 7.09. The number of carbonyl (C=O) groups excluding carboxylic acids is 1. The summed E-state index contributed by atoms with van der Waals surface area (Å²) in [5, 5.41) is 2.90. The summed E-state index contributed by atoms with van der Waals surface area (Å²) >= 11 is 0. The molecule has 2 aliphatic rings. The average Bonchev–Trinajstić information content (AvgIpc) is 3.07. The molecule has 1 saturated heterocycles. The van der Waals surface area contributed by atoms with Gasteiger partial charge in [-0.25, -0.2) is 13.1 Å². The summed E-state index contributed by atoms with van der Waals surface area (Å²) in [7, 11) is -3.70. The van der Waals surface area contributed by atoms with Crippen molar-refractivity contribution in [2.24, 2.45) is 0 Å². The number of carbonyl (C=O) groups is 1. The van der Waals surface area contributed by atoms with Crippen LogP contribution in [-0.2, 0) is 14.8 Å². The average molecular weight is 401 g/mol. The summed E-state index contributed by atoms with van der Waals surface area (Å²) in [6.45, 7) is 4.67. The Balaban J connectivity index is 1.54. The van der Waals surface area contributed by atoms with Gasteiger partial charge in [0.05, 0.1) is 22.9 Å². The molecule has 1 fully saturated rings. The van der Waals surface area contributed by atoms with E-state index in [9.17, 15) is 13.2 Å². The molecule has 4 rings (SSSR count). The van der Waals surface area contributed by atoms with Gasteiger partial charge in [0.15, 0.2) is 0 Å². The second kappa shape index (κ2) is 7.10. The number of fused-ring (bicyclic) bond motifs is 3.